The quantitative estimate of drug-likeness (QED) is 0.915. The fraction of sp³-hybridized carbons (Fsp3) is 0.250. The summed E-state index contributed by atoms with van der Waals surface area (Å²) in [4.78, 5) is 0. The molecule has 0 aliphatic heterocycles. The van der Waals surface area contributed by atoms with E-state index in [4.69, 9.17) is 5.73 Å². The molecule has 0 aliphatic carbocycles. The van der Waals surface area contributed by atoms with Crippen LogP contribution in [0, 0.1) is 0 Å². The summed E-state index contributed by atoms with van der Waals surface area (Å²) < 4.78 is 3.86. The molecular formula is C12H13Br2N3. The first-order chi connectivity index (χ1) is 8.06. The number of rotatable bonds is 3. The van der Waals surface area contributed by atoms with Gasteiger partial charge in [-0.1, -0.05) is 37.9 Å². The van der Waals surface area contributed by atoms with E-state index in [1.165, 1.54) is 0 Å². The largest absolute Gasteiger partial charge is 0.324 e. The lowest BCUT2D eigenvalue weighted by atomic mass is 10.0. The van der Waals surface area contributed by atoms with Gasteiger partial charge < -0.3 is 5.73 Å². The smallest absolute Gasteiger partial charge is 0.0522 e. The van der Waals surface area contributed by atoms with E-state index in [-0.39, 0.29) is 6.04 Å². The van der Waals surface area contributed by atoms with Crippen molar-refractivity contribution in [3.8, 4) is 0 Å². The van der Waals surface area contributed by atoms with Gasteiger partial charge in [0.25, 0.3) is 0 Å². The normalized spacial score (nSPS) is 12.7. The first-order valence-electron chi connectivity index (χ1n) is 5.24. The summed E-state index contributed by atoms with van der Waals surface area (Å²) in [5.74, 6) is 0. The lowest BCUT2D eigenvalue weighted by Gasteiger charge is -2.13. The molecule has 5 heteroatoms. The van der Waals surface area contributed by atoms with Crippen molar-refractivity contribution in [3.63, 3.8) is 0 Å². The van der Waals surface area contributed by atoms with E-state index in [9.17, 15) is 0 Å². The molecule has 2 N–H and O–H groups in total. The van der Waals surface area contributed by atoms with Crippen LogP contribution in [0.3, 0.4) is 0 Å². The summed E-state index contributed by atoms with van der Waals surface area (Å²) in [7, 11) is 1.91. The van der Waals surface area contributed by atoms with Crippen LogP contribution >= 0.6 is 31.9 Å². The van der Waals surface area contributed by atoms with E-state index in [0.717, 1.165) is 26.5 Å². The molecule has 0 spiro atoms. The number of aryl methyl sites for hydroxylation is 1. The van der Waals surface area contributed by atoms with Crippen molar-refractivity contribution in [1.82, 2.24) is 9.78 Å². The van der Waals surface area contributed by atoms with Crippen molar-refractivity contribution in [2.24, 2.45) is 12.8 Å². The molecule has 17 heavy (non-hydrogen) atoms. The molecule has 3 nitrogen and oxygen atoms in total. The van der Waals surface area contributed by atoms with E-state index in [2.05, 4.69) is 37.0 Å². The van der Waals surface area contributed by atoms with Gasteiger partial charge in [0.15, 0.2) is 0 Å². The molecule has 0 aliphatic rings. The molecule has 1 unspecified atom stereocenters. The maximum absolute atomic E-state index is 6.20. The van der Waals surface area contributed by atoms with Crippen molar-refractivity contribution in [2.45, 2.75) is 12.5 Å². The van der Waals surface area contributed by atoms with Crippen molar-refractivity contribution in [2.75, 3.05) is 0 Å². The topological polar surface area (TPSA) is 43.8 Å². The highest BCUT2D eigenvalue weighted by Gasteiger charge is 2.11. The van der Waals surface area contributed by atoms with Gasteiger partial charge in [0.2, 0.25) is 0 Å². The summed E-state index contributed by atoms with van der Waals surface area (Å²) in [5, 5.41) is 4.14. The second kappa shape index (κ2) is 5.33. The monoisotopic (exact) mass is 357 g/mol. The lowest BCUT2D eigenvalue weighted by Crippen LogP contribution is -2.13. The summed E-state index contributed by atoms with van der Waals surface area (Å²) in [6.07, 6.45) is 4.63. The van der Waals surface area contributed by atoms with Gasteiger partial charge in [-0.25, -0.2) is 0 Å². The van der Waals surface area contributed by atoms with Gasteiger partial charge in [-0.05, 0) is 29.7 Å². The number of halogens is 2. The van der Waals surface area contributed by atoms with Gasteiger partial charge in [0.05, 0.1) is 6.20 Å². The SMILES string of the molecule is Cn1cc(CC(N)c2ccc(Br)cc2Br)cn1. The van der Waals surface area contributed by atoms with Crippen LogP contribution < -0.4 is 5.73 Å². The van der Waals surface area contributed by atoms with Crippen LogP contribution in [0.5, 0.6) is 0 Å². The van der Waals surface area contributed by atoms with E-state index >= 15 is 0 Å². The molecule has 1 aromatic heterocycles. The number of hydrogen-bond acceptors (Lipinski definition) is 2. The molecule has 0 fully saturated rings. The maximum Gasteiger partial charge on any atom is 0.0522 e. The van der Waals surface area contributed by atoms with Gasteiger partial charge in [-0.2, -0.15) is 5.10 Å². The summed E-state index contributed by atoms with van der Waals surface area (Å²) in [5.41, 5.74) is 8.46. The molecule has 0 saturated carbocycles. The zero-order valence-corrected chi connectivity index (χ0v) is 12.6. The minimum absolute atomic E-state index is 0.0262. The number of nitrogens with two attached hydrogens (primary N) is 1. The van der Waals surface area contributed by atoms with Crippen LogP contribution in [0.15, 0.2) is 39.5 Å². The number of benzene rings is 1. The Labute approximate surface area is 117 Å². The van der Waals surface area contributed by atoms with Crippen molar-refractivity contribution in [1.29, 1.82) is 0 Å². The molecule has 2 rings (SSSR count). The minimum Gasteiger partial charge on any atom is -0.324 e. The van der Waals surface area contributed by atoms with Gasteiger partial charge in [-0.3, -0.25) is 4.68 Å². The third-order valence-electron chi connectivity index (χ3n) is 2.58. The Morgan fingerprint density at radius 1 is 1.41 bits per heavy atom. The molecule has 0 radical (unpaired) electrons. The predicted molar refractivity (Wildman–Crippen MR) is 75.7 cm³/mol. The summed E-state index contributed by atoms with van der Waals surface area (Å²) in [6.45, 7) is 0. The van der Waals surface area contributed by atoms with Crippen LogP contribution in [0.4, 0.5) is 0 Å². The number of aromatic nitrogens is 2. The molecule has 90 valence electrons. The van der Waals surface area contributed by atoms with Crippen molar-refractivity contribution in [3.05, 3.63) is 50.7 Å². The molecule has 0 bridgehead atoms. The van der Waals surface area contributed by atoms with E-state index < -0.39 is 0 Å². The third kappa shape index (κ3) is 3.18. The van der Waals surface area contributed by atoms with Crippen LogP contribution in [0.25, 0.3) is 0 Å². The summed E-state index contributed by atoms with van der Waals surface area (Å²) in [6, 6.07) is 6.03. The minimum atomic E-state index is -0.0262. The van der Waals surface area contributed by atoms with Crippen LogP contribution in [-0.4, -0.2) is 9.78 Å². The first kappa shape index (κ1) is 12.8. The zero-order chi connectivity index (χ0) is 12.4. The average molecular weight is 359 g/mol. The van der Waals surface area contributed by atoms with E-state index in [1.807, 2.05) is 37.6 Å². The third-order valence-corrected chi connectivity index (χ3v) is 3.76. The predicted octanol–water partition coefficient (Wildman–Crippen LogP) is 3.19. The summed E-state index contributed by atoms with van der Waals surface area (Å²) >= 11 is 6.97. The second-order valence-corrected chi connectivity index (χ2v) is 5.77. The van der Waals surface area contributed by atoms with Gasteiger partial charge in [0.1, 0.15) is 0 Å². The van der Waals surface area contributed by atoms with Crippen molar-refractivity contribution < 1.29 is 0 Å². The van der Waals surface area contributed by atoms with Crippen molar-refractivity contribution >= 4 is 31.9 Å². The Hall–Kier alpha value is -0.650. The lowest BCUT2D eigenvalue weighted by molar-refractivity contribution is 0.715. The van der Waals surface area contributed by atoms with E-state index in [1.54, 1.807) is 4.68 Å². The Balaban J connectivity index is 2.17. The molecule has 1 heterocycles. The first-order valence-corrected chi connectivity index (χ1v) is 6.83. The molecule has 2 aromatic rings. The Morgan fingerprint density at radius 2 is 2.18 bits per heavy atom. The van der Waals surface area contributed by atoms with Gasteiger partial charge in [0, 0.05) is 28.2 Å². The molecular weight excluding hydrogens is 346 g/mol. The van der Waals surface area contributed by atoms with Gasteiger partial charge in [-0.15, -0.1) is 0 Å². The highest BCUT2D eigenvalue weighted by atomic mass is 79.9. The number of nitrogens with zero attached hydrogens (tertiary/aromatic N) is 2. The highest BCUT2D eigenvalue weighted by Crippen LogP contribution is 2.27. The Bertz CT molecular complexity index is 522. The van der Waals surface area contributed by atoms with Crippen LogP contribution in [0.2, 0.25) is 0 Å². The fourth-order valence-corrected chi connectivity index (χ4v) is 3.08. The zero-order valence-electron chi connectivity index (χ0n) is 9.40. The van der Waals surface area contributed by atoms with Gasteiger partial charge >= 0.3 is 0 Å². The average Bonchev–Trinajstić information content (AvgIpc) is 2.63. The maximum atomic E-state index is 6.20. The Kier molecular flexibility index (Phi) is 4.01. The number of hydrogen-bond donors (Lipinski definition) is 1. The molecule has 1 atom stereocenters. The Morgan fingerprint density at radius 3 is 2.76 bits per heavy atom. The van der Waals surface area contributed by atoms with E-state index in [0.29, 0.717) is 0 Å². The highest BCUT2D eigenvalue weighted by molar-refractivity contribution is 9.11. The van der Waals surface area contributed by atoms with Crippen LogP contribution in [-0.2, 0) is 13.5 Å². The molecule has 1 aromatic carbocycles. The fourth-order valence-electron chi connectivity index (χ4n) is 1.74. The standard InChI is InChI=1S/C12H13Br2N3/c1-17-7-8(6-16-17)4-12(15)10-3-2-9(13)5-11(10)14/h2-3,5-7,12H,4,15H2,1H3. The van der Waals surface area contributed by atoms with Crippen LogP contribution in [0.1, 0.15) is 17.2 Å². The second-order valence-electron chi connectivity index (χ2n) is 4.00. The molecule has 0 saturated heterocycles. The molecule has 0 amide bonds.